The molecule has 0 atom stereocenters. The van der Waals surface area contributed by atoms with Gasteiger partial charge < -0.3 is 4.57 Å². The molecule has 0 aliphatic heterocycles. The highest BCUT2D eigenvalue weighted by Gasteiger charge is 2.09. The summed E-state index contributed by atoms with van der Waals surface area (Å²) in [6.07, 6.45) is 1.62. The van der Waals surface area contributed by atoms with Crippen molar-refractivity contribution < 1.29 is 8.78 Å². The second-order valence-electron chi connectivity index (χ2n) is 4.22. The van der Waals surface area contributed by atoms with Crippen molar-refractivity contribution in [2.24, 2.45) is 0 Å². The molecule has 5 heteroatoms. The predicted octanol–water partition coefficient (Wildman–Crippen LogP) is 4.13. The Morgan fingerprint density at radius 2 is 2.00 bits per heavy atom. The fraction of sp³-hybridized carbons (Fsp3) is 0.0714. The van der Waals surface area contributed by atoms with Crippen LogP contribution in [0.4, 0.5) is 8.78 Å². The molecule has 0 N–H and O–H groups in total. The SMILES string of the molecule is Fc1ccc(F)c(Cn2cnc3c(Br)cccc32)c1. The molecule has 1 aromatic heterocycles. The third-order valence-electron chi connectivity index (χ3n) is 2.95. The zero-order valence-corrected chi connectivity index (χ0v) is 11.4. The number of aromatic nitrogens is 2. The average Bonchev–Trinajstić information content (AvgIpc) is 2.79. The Hall–Kier alpha value is -1.75. The highest BCUT2D eigenvalue weighted by molar-refractivity contribution is 9.10. The van der Waals surface area contributed by atoms with Gasteiger partial charge >= 0.3 is 0 Å². The van der Waals surface area contributed by atoms with Crippen LogP contribution in [0.5, 0.6) is 0 Å². The lowest BCUT2D eigenvalue weighted by Gasteiger charge is -2.06. The Bertz CT molecular complexity index is 752. The van der Waals surface area contributed by atoms with E-state index in [0.717, 1.165) is 27.6 Å². The number of fused-ring (bicyclic) bond motifs is 1. The van der Waals surface area contributed by atoms with Crippen LogP contribution in [0.3, 0.4) is 0 Å². The minimum atomic E-state index is -0.443. The van der Waals surface area contributed by atoms with Gasteiger partial charge in [-0.2, -0.15) is 0 Å². The maximum Gasteiger partial charge on any atom is 0.128 e. The van der Waals surface area contributed by atoms with Crippen LogP contribution >= 0.6 is 15.9 Å². The average molecular weight is 323 g/mol. The highest BCUT2D eigenvalue weighted by Crippen LogP contribution is 2.23. The maximum atomic E-state index is 13.6. The summed E-state index contributed by atoms with van der Waals surface area (Å²) in [7, 11) is 0. The lowest BCUT2D eigenvalue weighted by molar-refractivity contribution is 0.578. The molecule has 2 nitrogen and oxygen atoms in total. The number of imidazole rings is 1. The number of para-hydroxylation sites is 1. The van der Waals surface area contributed by atoms with Crippen molar-refractivity contribution in [2.45, 2.75) is 6.54 Å². The lowest BCUT2D eigenvalue weighted by Crippen LogP contribution is -2.01. The van der Waals surface area contributed by atoms with Crippen molar-refractivity contribution in [3.8, 4) is 0 Å². The molecule has 0 radical (unpaired) electrons. The smallest absolute Gasteiger partial charge is 0.128 e. The number of hydrogen-bond acceptors (Lipinski definition) is 1. The van der Waals surface area contributed by atoms with Gasteiger partial charge in [-0.15, -0.1) is 0 Å². The first-order valence-corrected chi connectivity index (χ1v) is 6.48. The monoisotopic (exact) mass is 322 g/mol. The van der Waals surface area contributed by atoms with Gasteiger partial charge in [0, 0.05) is 10.0 Å². The molecule has 3 aromatic rings. The van der Waals surface area contributed by atoms with E-state index < -0.39 is 11.6 Å². The number of benzene rings is 2. The van der Waals surface area contributed by atoms with E-state index in [-0.39, 0.29) is 6.54 Å². The second-order valence-corrected chi connectivity index (χ2v) is 5.07. The van der Waals surface area contributed by atoms with Gasteiger partial charge in [-0.05, 0) is 46.3 Å². The van der Waals surface area contributed by atoms with E-state index >= 15 is 0 Å². The number of hydrogen-bond donors (Lipinski definition) is 0. The lowest BCUT2D eigenvalue weighted by atomic mass is 10.2. The maximum absolute atomic E-state index is 13.6. The second kappa shape index (κ2) is 4.74. The van der Waals surface area contributed by atoms with Crippen molar-refractivity contribution in [2.75, 3.05) is 0 Å². The Balaban J connectivity index is 2.06. The molecule has 0 unspecified atom stereocenters. The number of nitrogens with zero attached hydrogens (tertiary/aromatic N) is 2. The zero-order chi connectivity index (χ0) is 13.4. The molecule has 0 bridgehead atoms. The predicted molar refractivity (Wildman–Crippen MR) is 72.9 cm³/mol. The summed E-state index contributed by atoms with van der Waals surface area (Å²) < 4.78 is 29.5. The summed E-state index contributed by atoms with van der Waals surface area (Å²) in [6.45, 7) is 0.247. The Labute approximate surface area is 116 Å². The van der Waals surface area contributed by atoms with Gasteiger partial charge in [0.05, 0.1) is 18.4 Å². The van der Waals surface area contributed by atoms with Crippen LogP contribution in [0.2, 0.25) is 0 Å². The summed E-state index contributed by atoms with van der Waals surface area (Å²) in [5, 5.41) is 0. The molecule has 96 valence electrons. The van der Waals surface area contributed by atoms with E-state index in [2.05, 4.69) is 20.9 Å². The summed E-state index contributed by atoms with van der Waals surface area (Å²) in [5.74, 6) is -0.861. The van der Waals surface area contributed by atoms with Crippen LogP contribution in [0, 0.1) is 11.6 Å². The molecular formula is C14H9BrF2N2. The van der Waals surface area contributed by atoms with E-state index in [9.17, 15) is 8.78 Å². The first-order chi connectivity index (χ1) is 9.15. The van der Waals surface area contributed by atoms with Crippen LogP contribution in [0.15, 0.2) is 47.2 Å². The fourth-order valence-corrected chi connectivity index (χ4v) is 2.49. The topological polar surface area (TPSA) is 17.8 Å². The van der Waals surface area contributed by atoms with E-state index in [1.54, 1.807) is 10.9 Å². The van der Waals surface area contributed by atoms with Crippen LogP contribution in [0.1, 0.15) is 5.56 Å². The molecule has 1 heterocycles. The molecule has 3 rings (SSSR count). The quantitative estimate of drug-likeness (QED) is 0.693. The van der Waals surface area contributed by atoms with E-state index in [1.165, 1.54) is 6.07 Å². The van der Waals surface area contributed by atoms with E-state index in [1.807, 2.05) is 18.2 Å². The van der Waals surface area contributed by atoms with Crippen molar-refractivity contribution in [3.05, 3.63) is 64.4 Å². The standard InChI is InChI=1S/C14H9BrF2N2/c15-11-2-1-3-13-14(11)18-8-19(13)7-9-6-10(16)4-5-12(9)17/h1-6,8H,7H2. The molecule has 0 spiro atoms. The molecule has 0 saturated heterocycles. The molecule has 0 amide bonds. The summed E-state index contributed by atoms with van der Waals surface area (Å²) in [5.41, 5.74) is 1.98. The fourth-order valence-electron chi connectivity index (χ4n) is 2.03. The molecule has 0 aliphatic carbocycles. The molecule has 0 saturated carbocycles. The summed E-state index contributed by atoms with van der Waals surface area (Å²) >= 11 is 3.41. The minimum Gasteiger partial charge on any atom is -0.326 e. The van der Waals surface area contributed by atoms with Gasteiger partial charge in [-0.25, -0.2) is 13.8 Å². The first kappa shape index (κ1) is 12.3. The van der Waals surface area contributed by atoms with E-state index in [0.29, 0.717) is 5.56 Å². The van der Waals surface area contributed by atoms with Gasteiger partial charge in [-0.1, -0.05) is 6.07 Å². The Morgan fingerprint density at radius 1 is 1.16 bits per heavy atom. The van der Waals surface area contributed by atoms with Gasteiger partial charge in [0.1, 0.15) is 17.2 Å². The van der Waals surface area contributed by atoms with Gasteiger partial charge in [0.2, 0.25) is 0 Å². The number of halogens is 3. The summed E-state index contributed by atoms with van der Waals surface area (Å²) in [6, 6.07) is 9.12. The Kier molecular flexibility index (Phi) is 3.06. The molecule has 2 aromatic carbocycles. The van der Waals surface area contributed by atoms with Crippen LogP contribution in [-0.4, -0.2) is 9.55 Å². The number of rotatable bonds is 2. The zero-order valence-electron chi connectivity index (χ0n) is 9.78. The van der Waals surface area contributed by atoms with E-state index in [4.69, 9.17) is 0 Å². The van der Waals surface area contributed by atoms with Crippen molar-refractivity contribution in [3.63, 3.8) is 0 Å². The van der Waals surface area contributed by atoms with Gasteiger partial charge in [-0.3, -0.25) is 0 Å². The highest BCUT2D eigenvalue weighted by atomic mass is 79.9. The van der Waals surface area contributed by atoms with Crippen molar-refractivity contribution in [1.29, 1.82) is 0 Å². The van der Waals surface area contributed by atoms with Crippen molar-refractivity contribution in [1.82, 2.24) is 9.55 Å². The van der Waals surface area contributed by atoms with Crippen LogP contribution in [-0.2, 0) is 6.54 Å². The normalized spacial score (nSPS) is 11.1. The van der Waals surface area contributed by atoms with Crippen LogP contribution in [0.25, 0.3) is 11.0 Å². The van der Waals surface area contributed by atoms with Crippen molar-refractivity contribution >= 4 is 27.0 Å². The third kappa shape index (κ3) is 2.26. The molecule has 0 fully saturated rings. The van der Waals surface area contributed by atoms with Crippen LogP contribution < -0.4 is 0 Å². The largest absolute Gasteiger partial charge is 0.326 e. The molecular weight excluding hydrogens is 314 g/mol. The Morgan fingerprint density at radius 3 is 2.84 bits per heavy atom. The first-order valence-electron chi connectivity index (χ1n) is 5.68. The minimum absolute atomic E-state index is 0.247. The molecule has 19 heavy (non-hydrogen) atoms. The molecule has 0 aliphatic rings. The summed E-state index contributed by atoms with van der Waals surface area (Å²) in [4.78, 5) is 4.27. The third-order valence-corrected chi connectivity index (χ3v) is 3.59. The van der Waals surface area contributed by atoms with Gasteiger partial charge in [0.25, 0.3) is 0 Å². The van der Waals surface area contributed by atoms with Gasteiger partial charge in [0.15, 0.2) is 0 Å².